The molecule has 0 rings (SSSR count). The third-order valence-corrected chi connectivity index (χ3v) is 4.89. The third kappa shape index (κ3) is 6.52. The number of rotatable bonds is 13. The highest BCUT2D eigenvalue weighted by atomic mass is 19.4. The zero-order valence-corrected chi connectivity index (χ0v) is 19.4. The van der Waals surface area contributed by atoms with Crippen LogP contribution in [-0.4, -0.2) is 102 Å². The van der Waals surface area contributed by atoms with Crippen LogP contribution in [0.25, 0.3) is 0 Å². The average Bonchev–Trinajstić information content (AvgIpc) is 2.73. The van der Waals surface area contributed by atoms with Gasteiger partial charge in [0.05, 0.1) is 0 Å². The van der Waals surface area contributed by atoms with Crippen LogP contribution in [0.3, 0.4) is 0 Å². The number of hydrogen-bond donors (Lipinski definition) is 3. The lowest BCUT2D eigenvalue weighted by Gasteiger charge is -2.52. The molecule has 0 spiro atoms. The Bertz CT molecular complexity index is 884. The van der Waals surface area contributed by atoms with Crippen LogP contribution in [0.2, 0.25) is 0 Å². The number of aliphatic hydroxyl groups excluding tert-OH is 3. The summed E-state index contributed by atoms with van der Waals surface area (Å²) in [4.78, 5) is 0. The van der Waals surface area contributed by atoms with Crippen LogP contribution < -0.4 is 0 Å². The van der Waals surface area contributed by atoms with Gasteiger partial charge in [0.1, 0.15) is 19.8 Å². The lowest BCUT2D eigenvalue weighted by atomic mass is 9.75. The topological polar surface area (TPSA) is 88.4 Å². The van der Waals surface area contributed by atoms with Crippen molar-refractivity contribution < 1.29 is 131 Å². The summed E-state index contributed by atoms with van der Waals surface area (Å²) >= 11 is 0. The molecular weight excluding hydrogens is 713 g/mol. The SMILES string of the molecule is OCC(F)(OC(F)(F)C(C(F)(F)OC(F)(CO)C(F)(F)F)(C(F)(F)OC(F)(CO)C(F)(F)F)C(F)(F)C(F)(F)F)C(F)(F)F. The zero-order chi connectivity index (χ0) is 36.2. The second-order valence-electron chi connectivity index (χ2n) is 7.83. The number of hydrogen-bond acceptors (Lipinski definition) is 6. The molecule has 0 aromatic carbocycles. The Morgan fingerprint density at radius 2 is 0.500 bits per heavy atom. The quantitative estimate of drug-likeness (QED) is 0.213. The van der Waals surface area contributed by atoms with Crippen molar-refractivity contribution in [1.29, 1.82) is 0 Å². The predicted octanol–water partition coefficient (Wildman–Crippen LogP) is 5.66. The van der Waals surface area contributed by atoms with Crippen molar-refractivity contribution in [2.45, 2.75) is 66.5 Å². The molecule has 3 atom stereocenters. The highest BCUT2D eigenvalue weighted by Gasteiger charge is 3.00. The molecule has 0 aliphatic heterocycles. The first-order chi connectivity index (χ1) is 18.8. The lowest BCUT2D eigenvalue weighted by molar-refractivity contribution is -0.599. The van der Waals surface area contributed by atoms with E-state index in [4.69, 9.17) is 15.3 Å². The largest absolute Gasteiger partial charge is 0.455 e. The molecule has 0 aliphatic rings. The van der Waals surface area contributed by atoms with E-state index in [1.807, 2.05) is 0 Å². The Labute approximate surface area is 223 Å². The Balaban J connectivity index is 8.70. The van der Waals surface area contributed by atoms with E-state index < -0.39 is 91.8 Å². The van der Waals surface area contributed by atoms with E-state index in [1.54, 1.807) is 0 Å². The Morgan fingerprint density at radius 3 is 0.614 bits per heavy atom. The Morgan fingerprint density at radius 1 is 0.318 bits per heavy atom. The van der Waals surface area contributed by atoms with E-state index in [0.717, 1.165) is 0 Å². The van der Waals surface area contributed by atoms with Gasteiger partial charge in [-0.25, -0.2) is 0 Å². The molecule has 0 bridgehead atoms. The Kier molecular flexibility index (Phi) is 11.0. The van der Waals surface area contributed by atoms with Crippen LogP contribution in [0, 0.1) is 5.41 Å². The van der Waals surface area contributed by atoms with Gasteiger partial charge in [0.25, 0.3) is 0 Å². The minimum atomic E-state index is -9.69. The van der Waals surface area contributed by atoms with E-state index >= 15 is 0 Å². The van der Waals surface area contributed by atoms with E-state index in [2.05, 4.69) is 0 Å². The van der Waals surface area contributed by atoms with Gasteiger partial charge in [0.15, 0.2) is 0 Å². The maximum atomic E-state index is 14.8. The molecule has 0 amide bonds. The number of halogens is 23. The highest BCUT2D eigenvalue weighted by Crippen LogP contribution is 2.71. The van der Waals surface area contributed by atoms with Gasteiger partial charge in [-0.3, -0.25) is 14.2 Å². The van der Waals surface area contributed by atoms with Crippen molar-refractivity contribution in [3.63, 3.8) is 0 Å². The van der Waals surface area contributed by atoms with Crippen LogP contribution in [0.5, 0.6) is 0 Å². The summed E-state index contributed by atoms with van der Waals surface area (Å²) < 4.78 is 319. The fourth-order valence-electron chi connectivity index (χ4n) is 2.65. The Hall–Kier alpha value is -1.85. The molecule has 0 fully saturated rings. The standard InChI is InChI=1S/C15H9F23O6/c16-4(1-39,9(21,22)23)42-13(33,34)7(8(19,20)12(30,31)32,14(35,36)43-5(17,2-40)10(24,25)26)15(37,38)44-6(18,3-41)11(27,28)29/h39-41H,1-3H2. The molecule has 0 saturated carbocycles. The molecule has 0 aromatic heterocycles. The molecular formula is C15H9F23O6. The molecule has 3 unspecified atom stereocenters. The lowest BCUT2D eigenvalue weighted by Crippen LogP contribution is -2.80. The molecule has 266 valence electrons. The van der Waals surface area contributed by atoms with E-state index in [1.165, 1.54) is 14.2 Å². The second-order valence-corrected chi connectivity index (χ2v) is 7.83. The van der Waals surface area contributed by atoms with Crippen LogP contribution in [0.4, 0.5) is 101 Å². The van der Waals surface area contributed by atoms with E-state index in [-0.39, 0.29) is 0 Å². The predicted molar refractivity (Wildman–Crippen MR) is 82.5 cm³/mol. The maximum Gasteiger partial charge on any atom is 0.455 e. The van der Waals surface area contributed by atoms with Gasteiger partial charge in [-0.1, -0.05) is 0 Å². The molecule has 0 aromatic rings. The van der Waals surface area contributed by atoms with E-state index in [9.17, 15) is 101 Å². The minimum absolute atomic E-state index is 1.52. The molecule has 0 aliphatic carbocycles. The van der Waals surface area contributed by atoms with Crippen LogP contribution in [0.1, 0.15) is 0 Å². The highest BCUT2D eigenvalue weighted by molar-refractivity contribution is 5.14. The van der Waals surface area contributed by atoms with E-state index in [0.29, 0.717) is 0 Å². The molecule has 0 saturated heterocycles. The van der Waals surface area contributed by atoms with Crippen LogP contribution in [0.15, 0.2) is 0 Å². The monoisotopic (exact) mass is 722 g/mol. The van der Waals surface area contributed by atoms with Gasteiger partial charge in [-0.15, -0.1) is 0 Å². The number of alkyl halides is 23. The van der Waals surface area contributed by atoms with Gasteiger partial charge in [-0.05, 0) is 0 Å². The first-order valence-corrected chi connectivity index (χ1v) is 9.58. The van der Waals surface area contributed by atoms with Crippen molar-refractivity contribution >= 4 is 0 Å². The van der Waals surface area contributed by atoms with Gasteiger partial charge in [0, 0.05) is 0 Å². The first-order valence-electron chi connectivity index (χ1n) is 9.58. The molecule has 6 nitrogen and oxygen atoms in total. The maximum absolute atomic E-state index is 14.8. The number of aliphatic hydroxyl groups is 3. The molecule has 3 N–H and O–H groups in total. The summed E-state index contributed by atoms with van der Waals surface area (Å²) in [5, 5.41) is 24.9. The number of ether oxygens (including phenoxy) is 3. The van der Waals surface area contributed by atoms with Crippen molar-refractivity contribution in [3.8, 4) is 0 Å². The summed E-state index contributed by atoms with van der Waals surface area (Å²) in [5.41, 5.74) is -9.69. The van der Waals surface area contributed by atoms with Gasteiger partial charge in [0.2, 0.25) is 0 Å². The smallest absolute Gasteiger partial charge is 0.390 e. The average molecular weight is 722 g/mol. The van der Waals surface area contributed by atoms with Crippen molar-refractivity contribution in [1.82, 2.24) is 0 Å². The van der Waals surface area contributed by atoms with Crippen molar-refractivity contribution in [2.24, 2.45) is 5.41 Å². The summed E-state index contributed by atoms with van der Waals surface area (Å²) in [5.74, 6) is -31.0. The van der Waals surface area contributed by atoms with Gasteiger partial charge in [-0.2, -0.15) is 101 Å². The first kappa shape index (κ1) is 42.1. The summed E-state index contributed by atoms with van der Waals surface area (Å²) in [6.07, 6.45) is -59.0. The summed E-state index contributed by atoms with van der Waals surface area (Å²) in [6, 6.07) is 0. The van der Waals surface area contributed by atoms with Gasteiger partial charge >= 0.3 is 71.9 Å². The third-order valence-electron chi connectivity index (χ3n) is 4.89. The van der Waals surface area contributed by atoms with Crippen molar-refractivity contribution in [2.75, 3.05) is 19.8 Å². The van der Waals surface area contributed by atoms with Gasteiger partial charge < -0.3 is 15.3 Å². The summed E-state index contributed by atoms with van der Waals surface area (Å²) in [6.45, 7) is -11.9. The van der Waals surface area contributed by atoms with Crippen molar-refractivity contribution in [3.05, 3.63) is 0 Å². The fraction of sp³-hybridized carbons (Fsp3) is 1.00. The minimum Gasteiger partial charge on any atom is -0.390 e. The normalized spacial score (nSPS) is 20.9. The molecule has 0 heterocycles. The summed E-state index contributed by atoms with van der Waals surface area (Å²) in [7, 11) is 0. The van der Waals surface area contributed by atoms with Crippen LogP contribution >= 0.6 is 0 Å². The molecule has 0 radical (unpaired) electrons. The zero-order valence-electron chi connectivity index (χ0n) is 19.4. The molecule has 29 heteroatoms. The van der Waals surface area contributed by atoms with Crippen LogP contribution in [-0.2, 0) is 14.2 Å². The second kappa shape index (κ2) is 11.4. The fourth-order valence-corrected chi connectivity index (χ4v) is 2.65. The molecule has 44 heavy (non-hydrogen) atoms.